The molecule has 2 atom stereocenters. The highest BCUT2D eigenvalue weighted by molar-refractivity contribution is 7.13. The number of benzene rings is 1. The van der Waals surface area contributed by atoms with Crippen molar-refractivity contribution in [3.63, 3.8) is 0 Å². The molecule has 3 N–H and O–H groups in total. The van der Waals surface area contributed by atoms with Crippen LogP contribution in [-0.2, 0) is 4.74 Å². The average molecular weight is 485 g/mol. The fraction of sp³-hybridized carbons (Fsp3) is 0.458. The minimum absolute atomic E-state index is 0.122. The maximum absolute atomic E-state index is 15.4. The predicted octanol–water partition coefficient (Wildman–Crippen LogP) is 4.01. The van der Waals surface area contributed by atoms with Gasteiger partial charge in [-0.05, 0) is 37.0 Å². The van der Waals surface area contributed by atoms with Gasteiger partial charge in [-0.15, -0.1) is 11.3 Å². The summed E-state index contributed by atoms with van der Waals surface area (Å²) in [5.74, 6) is -0.743. The molecule has 5 rings (SSSR count). The molecule has 1 aromatic carbocycles. The molecule has 3 aromatic rings. The summed E-state index contributed by atoms with van der Waals surface area (Å²) in [5.41, 5.74) is 3.02. The molecule has 2 saturated heterocycles. The molecule has 2 aromatic heterocycles. The molecule has 1 amide bonds. The van der Waals surface area contributed by atoms with Crippen molar-refractivity contribution in [2.24, 2.45) is 0 Å². The first kappa shape index (κ1) is 22.9. The van der Waals surface area contributed by atoms with Gasteiger partial charge in [0.25, 0.3) is 5.91 Å². The van der Waals surface area contributed by atoms with Crippen molar-refractivity contribution in [2.45, 2.75) is 38.2 Å². The van der Waals surface area contributed by atoms with Gasteiger partial charge in [0.2, 0.25) is 0 Å². The normalized spacial score (nSPS) is 19.7. The largest absolute Gasteiger partial charge is 0.375 e. The van der Waals surface area contributed by atoms with Crippen LogP contribution < -0.4 is 15.5 Å². The minimum atomic E-state index is -0.315. The van der Waals surface area contributed by atoms with Gasteiger partial charge < -0.3 is 20.3 Å². The van der Waals surface area contributed by atoms with Crippen molar-refractivity contribution in [2.75, 3.05) is 43.0 Å². The van der Waals surface area contributed by atoms with Crippen molar-refractivity contribution in [1.82, 2.24) is 20.5 Å². The lowest BCUT2D eigenvalue weighted by atomic mass is 9.92. The van der Waals surface area contributed by atoms with E-state index in [-0.39, 0.29) is 23.7 Å². The Labute approximate surface area is 201 Å². The summed E-state index contributed by atoms with van der Waals surface area (Å²) in [4.78, 5) is 19.8. The second kappa shape index (κ2) is 10.2. The zero-order valence-electron chi connectivity index (χ0n) is 19.1. The highest BCUT2D eigenvalue weighted by Crippen LogP contribution is 2.36. The lowest BCUT2D eigenvalue weighted by Gasteiger charge is -2.33. The molecule has 2 aliphatic rings. The quantitative estimate of drug-likeness (QED) is 0.490. The van der Waals surface area contributed by atoms with E-state index in [1.807, 2.05) is 6.92 Å². The van der Waals surface area contributed by atoms with Gasteiger partial charge >= 0.3 is 0 Å². The topological polar surface area (TPSA) is 95.2 Å². The van der Waals surface area contributed by atoms with Crippen molar-refractivity contribution in [3.05, 3.63) is 47.0 Å². The molecular formula is C24H29FN6O2S. The van der Waals surface area contributed by atoms with Gasteiger partial charge in [-0.2, -0.15) is 5.10 Å². The Kier molecular flexibility index (Phi) is 6.89. The molecule has 2 aliphatic heterocycles. The third-order valence-electron chi connectivity index (χ3n) is 6.55. The molecule has 0 spiro atoms. The van der Waals surface area contributed by atoms with Crippen LogP contribution in [0.2, 0.25) is 0 Å². The molecule has 2 unspecified atom stereocenters. The summed E-state index contributed by atoms with van der Waals surface area (Å²) in [5, 5.41) is 15.5. The summed E-state index contributed by atoms with van der Waals surface area (Å²) in [6.07, 6.45) is 6.56. The number of thiazole rings is 1. The molecule has 0 bridgehead atoms. The second-order valence-corrected chi connectivity index (χ2v) is 9.68. The number of aromatic amines is 1. The van der Waals surface area contributed by atoms with Crippen LogP contribution in [0.1, 0.15) is 48.2 Å². The number of piperidine rings is 1. The van der Waals surface area contributed by atoms with Crippen molar-refractivity contribution in [3.8, 4) is 10.6 Å². The van der Waals surface area contributed by atoms with Gasteiger partial charge in [0.05, 0.1) is 30.3 Å². The number of amides is 1. The maximum atomic E-state index is 15.4. The summed E-state index contributed by atoms with van der Waals surface area (Å²) in [6.45, 7) is 5.73. The van der Waals surface area contributed by atoms with Crippen molar-refractivity contribution in [1.29, 1.82) is 0 Å². The van der Waals surface area contributed by atoms with Crippen LogP contribution in [0.3, 0.4) is 0 Å². The van der Waals surface area contributed by atoms with Crippen LogP contribution in [0, 0.1) is 5.82 Å². The summed E-state index contributed by atoms with van der Waals surface area (Å²) >= 11 is 1.38. The molecule has 0 radical (unpaired) electrons. The summed E-state index contributed by atoms with van der Waals surface area (Å²) in [6, 6.07) is 3.35. The van der Waals surface area contributed by atoms with Crippen LogP contribution in [0.25, 0.3) is 10.6 Å². The van der Waals surface area contributed by atoms with Gasteiger partial charge in [0.1, 0.15) is 16.5 Å². The molecule has 4 heterocycles. The zero-order chi connectivity index (χ0) is 23.5. The molecule has 10 heteroatoms. The Morgan fingerprint density at radius 3 is 2.91 bits per heavy atom. The lowest BCUT2D eigenvalue weighted by Crippen LogP contribution is -2.41. The Hall–Kier alpha value is -2.82. The van der Waals surface area contributed by atoms with Crippen LogP contribution >= 0.6 is 11.3 Å². The van der Waals surface area contributed by atoms with Gasteiger partial charge in [-0.3, -0.25) is 9.89 Å². The Bertz CT molecular complexity index is 1120. The molecule has 180 valence electrons. The number of nitrogens with one attached hydrogen (secondary N) is 3. The fourth-order valence-corrected chi connectivity index (χ4v) is 5.38. The van der Waals surface area contributed by atoms with Crippen molar-refractivity contribution >= 4 is 28.6 Å². The molecule has 0 aliphatic carbocycles. The third kappa shape index (κ3) is 4.84. The monoisotopic (exact) mass is 484 g/mol. The number of rotatable bonds is 6. The number of H-pyrrole nitrogens is 1. The summed E-state index contributed by atoms with van der Waals surface area (Å²) < 4.78 is 21.3. The first-order valence-electron chi connectivity index (χ1n) is 11.8. The molecule has 2 fully saturated rings. The highest BCUT2D eigenvalue weighted by Gasteiger charge is 2.27. The van der Waals surface area contributed by atoms with Crippen LogP contribution in [0.5, 0.6) is 0 Å². The Morgan fingerprint density at radius 1 is 1.32 bits per heavy atom. The number of hydrogen-bond acceptors (Lipinski definition) is 7. The molecule has 8 nitrogen and oxygen atoms in total. The van der Waals surface area contributed by atoms with E-state index in [1.54, 1.807) is 29.9 Å². The van der Waals surface area contributed by atoms with Crippen LogP contribution in [0.4, 0.5) is 15.8 Å². The molecule has 34 heavy (non-hydrogen) atoms. The number of halogens is 1. The number of ether oxygens (including phenoxy) is 1. The maximum Gasteiger partial charge on any atom is 0.275 e. The minimum Gasteiger partial charge on any atom is -0.375 e. The Balaban J connectivity index is 1.44. The number of carbonyl (C=O) groups is 1. The molecule has 0 saturated carbocycles. The van der Waals surface area contributed by atoms with E-state index < -0.39 is 0 Å². The average Bonchev–Trinajstić information content (AvgIpc) is 3.58. The van der Waals surface area contributed by atoms with E-state index in [0.29, 0.717) is 35.1 Å². The molecular weight excluding hydrogens is 455 g/mol. The van der Waals surface area contributed by atoms with Gasteiger partial charge in [0.15, 0.2) is 0 Å². The summed E-state index contributed by atoms with van der Waals surface area (Å²) in [7, 11) is 0. The second-order valence-electron chi connectivity index (χ2n) is 8.82. The fourth-order valence-electron chi connectivity index (χ4n) is 4.60. The number of aromatic nitrogens is 3. The number of anilines is 2. The van der Waals surface area contributed by atoms with Gasteiger partial charge in [0, 0.05) is 49.2 Å². The number of carbonyl (C=O) groups excluding carboxylic acids is 1. The van der Waals surface area contributed by atoms with Gasteiger partial charge in [-0.1, -0.05) is 6.92 Å². The first-order valence-corrected chi connectivity index (χ1v) is 12.6. The van der Waals surface area contributed by atoms with Gasteiger partial charge in [-0.25, -0.2) is 9.37 Å². The van der Waals surface area contributed by atoms with E-state index in [4.69, 9.17) is 4.74 Å². The first-order chi connectivity index (χ1) is 16.6. The zero-order valence-corrected chi connectivity index (χ0v) is 20.0. The Morgan fingerprint density at radius 2 is 2.18 bits per heavy atom. The number of morpholine rings is 1. The van der Waals surface area contributed by atoms with E-state index in [2.05, 4.69) is 30.7 Å². The SMILES string of the molecule is CC(c1cc(NC(=O)c2csc(-c3cn[nH]c3)n2)c(N2CCCCC2)cc1F)C1CNCCO1. The van der Waals surface area contributed by atoms with E-state index in [9.17, 15) is 4.79 Å². The lowest BCUT2D eigenvalue weighted by molar-refractivity contribution is 0.0140. The number of hydrogen-bond donors (Lipinski definition) is 3. The smallest absolute Gasteiger partial charge is 0.275 e. The standard InChI is InChI=1S/C24H29FN6O2S/c1-15(22-13-26-5-8-33-22)17-9-19(21(10-18(17)25)31-6-3-2-4-7-31)29-23(32)20-14-34-24(30-20)16-11-27-28-12-16/h9-12,14-15,22,26H,2-8,13H2,1H3,(H,27,28)(H,29,32). The van der Waals surface area contributed by atoms with Crippen molar-refractivity contribution < 1.29 is 13.9 Å². The number of nitrogens with zero attached hydrogens (tertiary/aromatic N) is 3. The third-order valence-corrected chi connectivity index (χ3v) is 7.44. The van der Waals surface area contributed by atoms with Crippen LogP contribution in [0.15, 0.2) is 29.9 Å². The predicted molar refractivity (Wildman–Crippen MR) is 131 cm³/mol. The van der Waals surface area contributed by atoms with E-state index >= 15 is 4.39 Å². The van der Waals surface area contributed by atoms with E-state index in [0.717, 1.165) is 50.1 Å². The highest BCUT2D eigenvalue weighted by atomic mass is 32.1. The van der Waals surface area contributed by atoms with E-state index in [1.165, 1.54) is 11.3 Å². The van der Waals surface area contributed by atoms with Crippen LogP contribution in [-0.4, -0.2) is 60.0 Å².